The van der Waals surface area contributed by atoms with Crippen LogP contribution in [0.25, 0.3) is 10.2 Å². The second-order valence-corrected chi connectivity index (χ2v) is 7.20. The number of carbonyl (C=O) groups excluding carboxylic acids is 2. The van der Waals surface area contributed by atoms with Gasteiger partial charge in [-0.1, -0.05) is 42.2 Å². The number of fused-ring (bicyclic) bond motifs is 1. The van der Waals surface area contributed by atoms with Crippen LogP contribution in [0.15, 0.2) is 61.2 Å². The molecule has 0 bridgehead atoms. The second kappa shape index (κ2) is 7.20. The summed E-state index contributed by atoms with van der Waals surface area (Å²) in [6.45, 7) is 4.27. The van der Waals surface area contributed by atoms with Crippen LogP contribution in [0.2, 0.25) is 0 Å². The van der Waals surface area contributed by atoms with Crippen molar-refractivity contribution in [2.45, 2.75) is 0 Å². The van der Waals surface area contributed by atoms with E-state index in [1.165, 1.54) is 17.4 Å². The number of likely N-dealkylation sites (tertiary alicyclic amines) is 1. The molecule has 2 amide bonds. The van der Waals surface area contributed by atoms with Crippen LogP contribution in [0.4, 0.5) is 5.13 Å². The summed E-state index contributed by atoms with van der Waals surface area (Å²) in [4.78, 5) is 30.0. The van der Waals surface area contributed by atoms with Crippen molar-refractivity contribution in [2.24, 2.45) is 5.92 Å². The summed E-state index contributed by atoms with van der Waals surface area (Å²) in [5.74, 6) is 0.863. The Morgan fingerprint density at radius 1 is 1.19 bits per heavy atom. The molecule has 0 unspecified atom stereocenters. The van der Waals surface area contributed by atoms with E-state index < -0.39 is 0 Å². The number of amides is 2. The van der Waals surface area contributed by atoms with E-state index in [1.807, 2.05) is 48.5 Å². The smallest absolute Gasteiger partial charge is 0.246 e. The van der Waals surface area contributed by atoms with Crippen LogP contribution in [-0.2, 0) is 9.59 Å². The Balaban J connectivity index is 1.47. The zero-order valence-corrected chi connectivity index (χ0v) is 15.2. The number of benzene rings is 2. The minimum absolute atomic E-state index is 0.132. The third-order valence-electron chi connectivity index (χ3n) is 4.32. The summed E-state index contributed by atoms with van der Waals surface area (Å²) in [6.07, 6.45) is 1.26. The van der Waals surface area contributed by atoms with Crippen molar-refractivity contribution in [3.63, 3.8) is 0 Å². The van der Waals surface area contributed by atoms with Crippen molar-refractivity contribution in [3.8, 4) is 11.5 Å². The highest BCUT2D eigenvalue weighted by atomic mass is 32.1. The van der Waals surface area contributed by atoms with Crippen molar-refractivity contribution in [2.75, 3.05) is 18.4 Å². The Morgan fingerprint density at radius 2 is 1.96 bits per heavy atom. The highest BCUT2D eigenvalue weighted by Gasteiger charge is 2.35. The van der Waals surface area contributed by atoms with Gasteiger partial charge in [0.25, 0.3) is 0 Å². The Kier molecular flexibility index (Phi) is 4.60. The number of nitrogens with one attached hydrogen (secondary N) is 1. The minimum atomic E-state index is -0.221. The fourth-order valence-corrected chi connectivity index (χ4v) is 3.72. The highest BCUT2D eigenvalue weighted by molar-refractivity contribution is 7.22. The number of hydrogen-bond acceptors (Lipinski definition) is 5. The maximum absolute atomic E-state index is 12.4. The lowest BCUT2D eigenvalue weighted by atomic mass is 9.99. The first-order chi connectivity index (χ1) is 13.1. The molecule has 0 radical (unpaired) electrons. The zero-order chi connectivity index (χ0) is 18.8. The molecule has 27 heavy (non-hydrogen) atoms. The van der Waals surface area contributed by atoms with Crippen LogP contribution in [0.3, 0.4) is 0 Å². The fraction of sp³-hybridized carbons (Fsp3) is 0.150. The van der Waals surface area contributed by atoms with Crippen LogP contribution in [0.1, 0.15) is 0 Å². The molecule has 4 rings (SSSR count). The van der Waals surface area contributed by atoms with Gasteiger partial charge in [-0.3, -0.25) is 9.59 Å². The van der Waals surface area contributed by atoms with Gasteiger partial charge >= 0.3 is 0 Å². The Hall–Kier alpha value is -3.19. The fourth-order valence-electron chi connectivity index (χ4n) is 2.84. The quantitative estimate of drug-likeness (QED) is 0.687. The molecule has 1 aliphatic rings. The van der Waals surface area contributed by atoms with E-state index in [4.69, 9.17) is 4.74 Å². The van der Waals surface area contributed by atoms with Gasteiger partial charge in [-0.25, -0.2) is 4.98 Å². The van der Waals surface area contributed by atoms with E-state index in [9.17, 15) is 9.59 Å². The molecule has 6 nitrogen and oxygen atoms in total. The van der Waals surface area contributed by atoms with E-state index >= 15 is 0 Å². The van der Waals surface area contributed by atoms with Crippen molar-refractivity contribution in [3.05, 3.63) is 61.2 Å². The lowest BCUT2D eigenvalue weighted by Gasteiger charge is -2.37. The van der Waals surface area contributed by atoms with Gasteiger partial charge in [-0.05, 0) is 30.3 Å². The van der Waals surface area contributed by atoms with Gasteiger partial charge in [0, 0.05) is 13.1 Å². The molecule has 2 heterocycles. The third-order valence-corrected chi connectivity index (χ3v) is 5.26. The van der Waals surface area contributed by atoms with E-state index in [1.54, 1.807) is 4.90 Å². The monoisotopic (exact) mass is 379 g/mol. The van der Waals surface area contributed by atoms with Crippen LogP contribution in [-0.4, -0.2) is 34.8 Å². The number of anilines is 1. The molecule has 0 spiro atoms. The number of hydrogen-bond donors (Lipinski definition) is 1. The zero-order valence-electron chi connectivity index (χ0n) is 14.4. The summed E-state index contributed by atoms with van der Waals surface area (Å²) >= 11 is 1.39. The van der Waals surface area contributed by atoms with Gasteiger partial charge in [0.2, 0.25) is 11.8 Å². The maximum atomic E-state index is 12.4. The molecule has 0 atom stereocenters. The number of carbonyl (C=O) groups is 2. The minimum Gasteiger partial charge on any atom is -0.455 e. The summed E-state index contributed by atoms with van der Waals surface area (Å²) < 4.78 is 6.85. The number of rotatable bonds is 5. The molecule has 0 aliphatic carbocycles. The van der Waals surface area contributed by atoms with Gasteiger partial charge < -0.3 is 15.0 Å². The van der Waals surface area contributed by atoms with Gasteiger partial charge in [0.1, 0.15) is 11.3 Å². The predicted octanol–water partition coefficient (Wildman–Crippen LogP) is 3.67. The molecule has 136 valence electrons. The first-order valence-electron chi connectivity index (χ1n) is 8.48. The standard InChI is InChI=1S/C20H17N3O3S/c1-2-17(24)23-11-13(12-23)19(25)22-20-21-18-15(9-6-10-16(18)27-20)26-14-7-4-3-5-8-14/h2-10,13H,1,11-12H2,(H,21,22,25). The van der Waals surface area contributed by atoms with Gasteiger partial charge in [-0.2, -0.15) is 0 Å². The summed E-state index contributed by atoms with van der Waals surface area (Å²) in [5, 5.41) is 3.37. The maximum Gasteiger partial charge on any atom is 0.246 e. The lowest BCUT2D eigenvalue weighted by molar-refractivity contribution is -0.137. The molecule has 2 aromatic carbocycles. The molecule has 1 aromatic heterocycles. The molecule has 1 N–H and O–H groups in total. The second-order valence-electron chi connectivity index (χ2n) is 6.17. The van der Waals surface area contributed by atoms with Crippen LogP contribution >= 0.6 is 11.3 Å². The van der Waals surface area contributed by atoms with Crippen molar-refractivity contribution >= 4 is 38.5 Å². The number of ether oxygens (including phenoxy) is 1. The van der Waals surface area contributed by atoms with Crippen LogP contribution in [0.5, 0.6) is 11.5 Å². The molecular weight excluding hydrogens is 362 g/mol. The lowest BCUT2D eigenvalue weighted by Crippen LogP contribution is -2.53. The number of thiazole rings is 1. The van der Waals surface area contributed by atoms with Crippen molar-refractivity contribution in [1.82, 2.24) is 9.88 Å². The molecule has 0 saturated carbocycles. The average Bonchev–Trinajstić information content (AvgIpc) is 3.04. The number of para-hydroxylation sites is 2. The SMILES string of the molecule is C=CC(=O)N1CC(C(=O)Nc2nc3c(Oc4ccccc4)cccc3s2)C1. The molecule has 1 fully saturated rings. The topological polar surface area (TPSA) is 71.5 Å². The first-order valence-corrected chi connectivity index (χ1v) is 9.30. The van der Waals surface area contributed by atoms with Gasteiger partial charge in [-0.15, -0.1) is 0 Å². The Labute approximate surface area is 160 Å². The first kappa shape index (κ1) is 17.2. The largest absolute Gasteiger partial charge is 0.455 e. The van der Waals surface area contributed by atoms with Crippen LogP contribution < -0.4 is 10.1 Å². The van der Waals surface area contributed by atoms with Crippen molar-refractivity contribution < 1.29 is 14.3 Å². The van der Waals surface area contributed by atoms with E-state index in [0.717, 1.165) is 10.4 Å². The van der Waals surface area contributed by atoms with Crippen molar-refractivity contribution in [1.29, 1.82) is 0 Å². The average molecular weight is 379 g/mol. The number of aromatic nitrogens is 1. The predicted molar refractivity (Wildman–Crippen MR) is 105 cm³/mol. The Morgan fingerprint density at radius 3 is 2.70 bits per heavy atom. The summed E-state index contributed by atoms with van der Waals surface area (Å²) in [6, 6.07) is 15.2. The molecule has 7 heteroatoms. The summed E-state index contributed by atoms with van der Waals surface area (Å²) in [5.41, 5.74) is 0.707. The molecule has 3 aromatic rings. The van der Waals surface area contributed by atoms with Crippen LogP contribution in [0, 0.1) is 5.92 Å². The van der Waals surface area contributed by atoms with E-state index in [-0.39, 0.29) is 17.7 Å². The highest BCUT2D eigenvalue weighted by Crippen LogP contribution is 2.35. The normalized spacial score (nSPS) is 13.9. The van der Waals surface area contributed by atoms with E-state index in [0.29, 0.717) is 29.5 Å². The van der Waals surface area contributed by atoms with Gasteiger partial charge in [0.05, 0.1) is 10.6 Å². The summed E-state index contributed by atoms with van der Waals surface area (Å²) in [7, 11) is 0. The Bertz CT molecular complexity index is 1010. The molecular formula is C20H17N3O3S. The molecule has 1 saturated heterocycles. The van der Waals surface area contributed by atoms with E-state index in [2.05, 4.69) is 16.9 Å². The van der Waals surface area contributed by atoms with Gasteiger partial charge in [0.15, 0.2) is 10.9 Å². The number of nitrogens with zero attached hydrogens (tertiary/aromatic N) is 2. The third kappa shape index (κ3) is 3.54. The molecule has 1 aliphatic heterocycles.